The average molecular weight is 374 g/mol. The normalized spacial score (nSPS) is 11.1. The molecule has 4 N–H and O–H groups in total. The van der Waals surface area contributed by atoms with Crippen molar-refractivity contribution in [2.75, 3.05) is 18.1 Å². The summed E-state index contributed by atoms with van der Waals surface area (Å²) in [5.41, 5.74) is 9.23. The second-order valence-electron chi connectivity index (χ2n) is 6.59. The van der Waals surface area contributed by atoms with Crippen molar-refractivity contribution in [2.45, 2.75) is 20.0 Å². The highest BCUT2D eigenvalue weighted by molar-refractivity contribution is 5.98. The maximum atomic E-state index is 12.6. The molecule has 28 heavy (non-hydrogen) atoms. The number of aromatic nitrogens is 3. The van der Waals surface area contributed by atoms with Gasteiger partial charge in [-0.05, 0) is 48.9 Å². The van der Waals surface area contributed by atoms with Crippen LogP contribution in [-0.4, -0.2) is 27.5 Å². The van der Waals surface area contributed by atoms with E-state index in [0.29, 0.717) is 17.9 Å². The van der Waals surface area contributed by atoms with Crippen molar-refractivity contribution in [1.82, 2.24) is 19.9 Å². The second-order valence-corrected chi connectivity index (χ2v) is 6.59. The number of nitrogen functional groups attached to an aromatic ring is 1. The lowest BCUT2D eigenvalue weighted by atomic mass is 10.1. The Bertz CT molecular complexity index is 1180. The highest BCUT2D eigenvalue weighted by Gasteiger charge is 2.10. The molecule has 0 fully saturated rings. The smallest absolute Gasteiger partial charge is 0.251 e. The van der Waals surface area contributed by atoms with E-state index < -0.39 is 0 Å². The zero-order chi connectivity index (χ0) is 19.7. The molecule has 0 aliphatic carbocycles. The van der Waals surface area contributed by atoms with Gasteiger partial charge in [0.25, 0.3) is 5.91 Å². The molecule has 7 nitrogen and oxygen atoms in total. The van der Waals surface area contributed by atoms with Crippen LogP contribution in [-0.2, 0) is 13.1 Å². The maximum absolute atomic E-state index is 12.6. The molecule has 0 atom stereocenters. The van der Waals surface area contributed by atoms with Gasteiger partial charge in [0.05, 0.1) is 5.52 Å². The van der Waals surface area contributed by atoms with Crippen molar-refractivity contribution in [2.24, 2.45) is 0 Å². The molecule has 0 spiro atoms. The number of benzene rings is 2. The number of anilines is 2. The van der Waals surface area contributed by atoms with Crippen LogP contribution in [0, 0.1) is 0 Å². The molecular formula is C21H22N6O. The summed E-state index contributed by atoms with van der Waals surface area (Å²) in [7, 11) is 1.79. The third-order valence-electron chi connectivity index (χ3n) is 4.84. The minimum absolute atomic E-state index is 0.103. The van der Waals surface area contributed by atoms with Crippen molar-refractivity contribution in [1.29, 1.82) is 0 Å². The van der Waals surface area contributed by atoms with Crippen LogP contribution in [0.15, 0.2) is 48.7 Å². The molecule has 0 saturated heterocycles. The first-order valence-corrected chi connectivity index (χ1v) is 9.20. The van der Waals surface area contributed by atoms with E-state index in [1.165, 1.54) is 0 Å². The number of nitrogens with zero attached hydrogens (tertiary/aromatic N) is 3. The first-order chi connectivity index (χ1) is 13.6. The Balaban J connectivity index is 1.54. The lowest BCUT2D eigenvalue weighted by molar-refractivity contribution is 0.0951. The monoisotopic (exact) mass is 374 g/mol. The van der Waals surface area contributed by atoms with Gasteiger partial charge in [-0.1, -0.05) is 6.07 Å². The first-order valence-electron chi connectivity index (χ1n) is 9.20. The summed E-state index contributed by atoms with van der Waals surface area (Å²) in [6.45, 7) is 3.42. The van der Waals surface area contributed by atoms with Crippen LogP contribution in [0.3, 0.4) is 0 Å². The molecule has 0 saturated carbocycles. The lowest BCUT2D eigenvalue weighted by Crippen LogP contribution is -2.22. The summed E-state index contributed by atoms with van der Waals surface area (Å²) >= 11 is 0. The Morgan fingerprint density at radius 2 is 2.00 bits per heavy atom. The fourth-order valence-electron chi connectivity index (χ4n) is 3.40. The van der Waals surface area contributed by atoms with Gasteiger partial charge in [0, 0.05) is 48.2 Å². The van der Waals surface area contributed by atoms with Gasteiger partial charge in [-0.15, -0.1) is 0 Å². The SMILES string of the molecule is CCn1ccc2cc(C(=O)NCc3ccc4nc(N)nc(NC)c4c3)ccc21. The number of carbonyl (C=O) groups is 1. The molecule has 1 amide bonds. The standard InChI is InChI=1S/C21H22N6O/c1-3-27-9-8-14-11-15(5-7-18(14)27)20(28)24-12-13-4-6-17-16(10-13)19(23-2)26-21(22)25-17/h4-11H,3,12H2,1-2H3,(H,24,28)(H3,22,23,25,26). The number of aryl methyl sites for hydroxylation is 1. The fraction of sp³-hybridized carbons (Fsp3) is 0.190. The van der Waals surface area contributed by atoms with E-state index in [1.54, 1.807) is 7.05 Å². The summed E-state index contributed by atoms with van der Waals surface area (Å²) in [5.74, 6) is 0.792. The van der Waals surface area contributed by atoms with Crippen LogP contribution < -0.4 is 16.4 Å². The molecular weight excluding hydrogens is 352 g/mol. The third kappa shape index (κ3) is 3.22. The molecule has 0 radical (unpaired) electrons. The minimum Gasteiger partial charge on any atom is -0.372 e. The topological polar surface area (TPSA) is 97.9 Å². The van der Waals surface area contributed by atoms with Crippen LogP contribution in [0.4, 0.5) is 11.8 Å². The predicted octanol–water partition coefficient (Wildman–Crippen LogP) is 3.16. The van der Waals surface area contributed by atoms with Gasteiger partial charge in [-0.25, -0.2) is 4.98 Å². The summed E-state index contributed by atoms with van der Waals surface area (Å²) in [6, 6.07) is 13.6. The molecule has 0 bridgehead atoms. The van der Waals surface area contributed by atoms with Crippen molar-refractivity contribution < 1.29 is 4.79 Å². The molecule has 7 heteroatoms. The van der Waals surface area contributed by atoms with E-state index in [4.69, 9.17) is 5.73 Å². The molecule has 4 aromatic rings. The number of nitrogens with two attached hydrogens (primary N) is 1. The first kappa shape index (κ1) is 17.8. The summed E-state index contributed by atoms with van der Waals surface area (Å²) in [6.07, 6.45) is 2.04. The fourth-order valence-corrected chi connectivity index (χ4v) is 3.40. The van der Waals surface area contributed by atoms with Crippen molar-refractivity contribution >= 4 is 39.5 Å². The number of amides is 1. The molecule has 2 aromatic heterocycles. The van der Waals surface area contributed by atoms with E-state index in [1.807, 2.05) is 48.7 Å². The highest BCUT2D eigenvalue weighted by atomic mass is 16.1. The minimum atomic E-state index is -0.103. The maximum Gasteiger partial charge on any atom is 0.251 e. The Morgan fingerprint density at radius 3 is 2.79 bits per heavy atom. The van der Waals surface area contributed by atoms with Crippen LogP contribution >= 0.6 is 0 Å². The number of hydrogen-bond acceptors (Lipinski definition) is 5. The number of rotatable bonds is 5. The molecule has 0 aliphatic rings. The van der Waals surface area contributed by atoms with E-state index in [9.17, 15) is 4.79 Å². The summed E-state index contributed by atoms with van der Waals surface area (Å²) in [4.78, 5) is 21.0. The average Bonchev–Trinajstić information content (AvgIpc) is 3.13. The van der Waals surface area contributed by atoms with Crippen LogP contribution in [0.25, 0.3) is 21.8 Å². The van der Waals surface area contributed by atoms with Gasteiger partial charge in [0.1, 0.15) is 5.82 Å². The summed E-state index contributed by atoms with van der Waals surface area (Å²) < 4.78 is 2.15. The number of carbonyl (C=O) groups excluding carboxylic acids is 1. The van der Waals surface area contributed by atoms with Crippen molar-refractivity contribution in [3.05, 3.63) is 59.8 Å². The lowest BCUT2D eigenvalue weighted by Gasteiger charge is -2.09. The zero-order valence-electron chi connectivity index (χ0n) is 15.9. The van der Waals surface area contributed by atoms with E-state index >= 15 is 0 Å². The zero-order valence-corrected chi connectivity index (χ0v) is 15.9. The number of hydrogen-bond donors (Lipinski definition) is 3. The third-order valence-corrected chi connectivity index (χ3v) is 4.84. The Hall–Kier alpha value is -3.61. The van der Waals surface area contributed by atoms with Gasteiger partial charge >= 0.3 is 0 Å². The second kappa shape index (κ2) is 7.19. The Morgan fingerprint density at radius 1 is 1.14 bits per heavy atom. The van der Waals surface area contributed by atoms with Crippen LogP contribution in [0.5, 0.6) is 0 Å². The van der Waals surface area contributed by atoms with Crippen molar-refractivity contribution in [3.63, 3.8) is 0 Å². The summed E-state index contributed by atoms with van der Waals surface area (Å²) in [5, 5.41) is 7.94. The molecule has 2 heterocycles. The predicted molar refractivity (Wildman–Crippen MR) is 112 cm³/mol. The molecule has 0 aliphatic heterocycles. The quantitative estimate of drug-likeness (QED) is 0.498. The Labute approximate surface area is 162 Å². The van der Waals surface area contributed by atoms with Gasteiger partial charge in [0.15, 0.2) is 0 Å². The Kier molecular flexibility index (Phi) is 4.57. The van der Waals surface area contributed by atoms with Gasteiger partial charge in [0.2, 0.25) is 5.95 Å². The van der Waals surface area contributed by atoms with Crippen molar-refractivity contribution in [3.8, 4) is 0 Å². The van der Waals surface area contributed by atoms with Crippen LogP contribution in [0.2, 0.25) is 0 Å². The molecule has 142 valence electrons. The largest absolute Gasteiger partial charge is 0.372 e. The number of nitrogens with one attached hydrogen (secondary N) is 2. The number of fused-ring (bicyclic) bond motifs is 2. The molecule has 0 unspecified atom stereocenters. The van der Waals surface area contributed by atoms with Gasteiger partial charge < -0.3 is 20.9 Å². The van der Waals surface area contributed by atoms with E-state index in [-0.39, 0.29) is 11.9 Å². The van der Waals surface area contributed by atoms with Gasteiger partial charge in [-0.2, -0.15) is 4.98 Å². The highest BCUT2D eigenvalue weighted by Crippen LogP contribution is 2.22. The molecule has 4 rings (SSSR count). The molecule has 2 aromatic carbocycles. The van der Waals surface area contributed by atoms with Gasteiger partial charge in [-0.3, -0.25) is 4.79 Å². The van der Waals surface area contributed by atoms with Crippen LogP contribution in [0.1, 0.15) is 22.8 Å². The van der Waals surface area contributed by atoms with E-state index in [0.717, 1.165) is 33.9 Å². The van der Waals surface area contributed by atoms with E-state index in [2.05, 4.69) is 32.1 Å².